The van der Waals surface area contributed by atoms with Gasteiger partial charge in [0.25, 0.3) is 6.71 Å². The highest BCUT2D eigenvalue weighted by Crippen LogP contribution is 2.54. The molecule has 6 aliphatic rings. The Morgan fingerprint density at radius 2 is 1.03 bits per heavy atom. The average molecular weight is 1180 g/mol. The molecule has 7 heterocycles. The SMILES string of the molecule is CC1(C)c2cc(-c3cc4c5c(c3)N(c3ccc6c(c3)OCCO6)c3cc6c(cc3B5c3ccc(-c5ccc7c(c5)oc5ccccc57)cc3N4c3cccc(C4C=c5oc7ccccc7c5=CC4)c3)OCCO6)ccc2-c2ccc(-c3cc4ccccc4o3)cc21. The topological polar surface area (TPSA) is 82.8 Å². The monoisotopic (exact) mass is 1180 g/mol. The predicted octanol–water partition coefficient (Wildman–Crippen LogP) is 16.8. The van der Waals surface area contributed by atoms with E-state index in [1.807, 2.05) is 30.3 Å². The number of para-hydroxylation sites is 3. The molecule has 0 bridgehead atoms. The van der Waals surface area contributed by atoms with Crippen LogP contribution < -0.4 is 55.8 Å². The zero-order valence-electron chi connectivity index (χ0n) is 49.9. The minimum absolute atomic E-state index is 0.0757. The maximum Gasteiger partial charge on any atom is 0.252 e. The minimum Gasteiger partial charge on any atom is -0.486 e. The molecule has 0 spiro atoms. The third-order valence-electron chi connectivity index (χ3n) is 20.1. The number of anilines is 6. The van der Waals surface area contributed by atoms with E-state index in [0.717, 1.165) is 140 Å². The van der Waals surface area contributed by atoms with Gasteiger partial charge in [-0.25, -0.2) is 0 Å². The Balaban J connectivity index is 0.825. The van der Waals surface area contributed by atoms with Crippen molar-refractivity contribution >= 4 is 113 Å². The molecule has 0 saturated carbocycles. The Morgan fingerprint density at radius 1 is 0.418 bits per heavy atom. The number of fused-ring (bicyclic) bond motifs is 16. The van der Waals surface area contributed by atoms with Crippen LogP contribution in [0, 0.1) is 0 Å². The van der Waals surface area contributed by atoms with Gasteiger partial charge >= 0.3 is 0 Å². The van der Waals surface area contributed by atoms with Crippen LogP contribution in [-0.2, 0) is 5.41 Å². The summed E-state index contributed by atoms with van der Waals surface area (Å²) in [5, 5.41) is 5.62. The van der Waals surface area contributed by atoms with Crippen molar-refractivity contribution in [3.05, 3.63) is 246 Å². The van der Waals surface area contributed by atoms with Crippen molar-refractivity contribution in [2.75, 3.05) is 36.2 Å². The van der Waals surface area contributed by atoms with Gasteiger partial charge in [-0.15, -0.1) is 0 Å². The standard InChI is InChI=1S/C81H55BN2O7/c1-81(2)62-35-47(18-24-56(62)57-25-21-52(36-63(57)81)74-42-51-10-3-6-15-70(51)89-74)53-38-68-80-69(39-53)84(55-23-29-73-77(43-55)86-31-30-85-73)67-45-79-78(87-32-33-88-79)44-65(67)82(80)64-28-22-48(50-20-27-61-59-14-5-8-17-72(59)91-76(61)41-50)37-66(64)83(68)54-12-9-11-46(34-54)49-19-26-60-58-13-4-7-16-71(58)90-75(60)40-49/h3-18,20-29,34-45,49H,19,30-33H2,1-2H3. The van der Waals surface area contributed by atoms with Gasteiger partial charge in [0.15, 0.2) is 23.0 Å². The zero-order chi connectivity index (χ0) is 59.8. The number of nitrogens with zero attached hydrogens (tertiary/aromatic N) is 2. The summed E-state index contributed by atoms with van der Waals surface area (Å²) < 4.78 is 45.3. The van der Waals surface area contributed by atoms with Crippen LogP contribution in [0.1, 0.15) is 42.9 Å². The van der Waals surface area contributed by atoms with Gasteiger partial charge in [0.2, 0.25) is 0 Å². The summed E-state index contributed by atoms with van der Waals surface area (Å²) in [6.45, 7) is 6.38. The van der Waals surface area contributed by atoms with Gasteiger partial charge in [0.1, 0.15) is 59.9 Å². The Labute approximate surface area is 523 Å². The van der Waals surface area contributed by atoms with E-state index in [1.165, 1.54) is 44.0 Å². The summed E-state index contributed by atoms with van der Waals surface area (Å²) in [5.74, 6) is 3.84. The molecule has 0 radical (unpaired) electrons. The molecule has 3 aromatic heterocycles. The Kier molecular flexibility index (Phi) is 10.6. The fraction of sp³-hybridized carbons (Fsp3) is 0.111. The molecule has 14 aromatic rings. The summed E-state index contributed by atoms with van der Waals surface area (Å²) in [7, 11) is 0. The molecule has 434 valence electrons. The molecule has 91 heavy (non-hydrogen) atoms. The van der Waals surface area contributed by atoms with Gasteiger partial charge < -0.3 is 42.0 Å². The normalized spacial score (nSPS) is 16.0. The van der Waals surface area contributed by atoms with Crippen molar-refractivity contribution in [1.29, 1.82) is 0 Å². The molecule has 10 heteroatoms. The van der Waals surface area contributed by atoms with Crippen LogP contribution in [-0.4, -0.2) is 33.1 Å². The molecule has 2 aliphatic carbocycles. The van der Waals surface area contributed by atoms with Crippen LogP contribution >= 0.6 is 0 Å². The number of benzene rings is 11. The highest BCUT2D eigenvalue weighted by molar-refractivity contribution is 7.00. The lowest BCUT2D eigenvalue weighted by Crippen LogP contribution is -2.61. The summed E-state index contributed by atoms with van der Waals surface area (Å²) >= 11 is 0. The number of ether oxygens (including phenoxy) is 4. The second-order valence-corrected chi connectivity index (χ2v) is 25.5. The van der Waals surface area contributed by atoms with Gasteiger partial charge in [-0.05, 0) is 176 Å². The van der Waals surface area contributed by atoms with Gasteiger partial charge in [0, 0.05) is 84.2 Å². The van der Waals surface area contributed by atoms with Crippen molar-refractivity contribution in [3.8, 4) is 67.7 Å². The number of rotatable bonds is 6. The van der Waals surface area contributed by atoms with Crippen LogP contribution in [0.25, 0.3) is 101 Å². The first-order valence-corrected chi connectivity index (χ1v) is 31.5. The van der Waals surface area contributed by atoms with Gasteiger partial charge in [0.05, 0.1) is 5.69 Å². The van der Waals surface area contributed by atoms with E-state index in [2.05, 4.69) is 224 Å². The first-order chi connectivity index (χ1) is 44.8. The molecular formula is C81H55BN2O7. The van der Waals surface area contributed by atoms with Crippen LogP contribution in [0.2, 0.25) is 0 Å². The maximum atomic E-state index is 6.57. The van der Waals surface area contributed by atoms with E-state index >= 15 is 0 Å². The second kappa shape index (κ2) is 19.0. The third-order valence-corrected chi connectivity index (χ3v) is 20.1. The predicted molar refractivity (Wildman–Crippen MR) is 365 cm³/mol. The van der Waals surface area contributed by atoms with E-state index < -0.39 is 0 Å². The van der Waals surface area contributed by atoms with Gasteiger partial charge in [-0.2, -0.15) is 0 Å². The molecule has 0 amide bonds. The van der Waals surface area contributed by atoms with E-state index in [1.54, 1.807) is 0 Å². The summed E-state index contributed by atoms with van der Waals surface area (Å²) in [6, 6.07) is 79.6. The fourth-order valence-electron chi connectivity index (χ4n) is 15.7. The molecule has 0 fully saturated rings. The van der Waals surface area contributed by atoms with Gasteiger partial charge in [-0.3, -0.25) is 0 Å². The summed E-state index contributed by atoms with van der Waals surface area (Å²) in [5.41, 5.74) is 25.4. The van der Waals surface area contributed by atoms with E-state index in [-0.39, 0.29) is 18.0 Å². The van der Waals surface area contributed by atoms with Crippen LogP contribution in [0.4, 0.5) is 34.1 Å². The van der Waals surface area contributed by atoms with Crippen molar-refractivity contribution in [2.24, 2.45) is 0 Å². The Bertz CT molecular complexity index is 5600. The van der Waals surface area contributed by atoms with Crippen LogP contribution in [0.15, 0.2) is 232 Å². The number of hydrogen-bond donors (Lipinski definition) is 0. The fourth-order valence-corrected chi connectivity index (χ4v) is 15.7. The molecule has 0 saturated heterocycles. The molecule has 4 aliphatic heterocycles. The maximum absolute atomic E-state index is 6.57. The largest absolute Gasteiger partial charge is 0.486 e. The zero-order valence-corrected chi connectivity index (χ0v) is 49.9. The third kappa shape index (κ3) is 7.59. The first-order valence-electron chi connectivity index (χ1n) is 31.5. The van der Waals surface area contributed by atoms with Crippen molar-refractivity contribution in [2.45, 2.75) is 31.6 Å². The summed E-state index contributed by atoms with van der Waals surface area (Å²) in [6.07, 6.45) is 5.53. The molecule has 1 unspecified atom stereocenters. The Morgan fingerprint density at radius 3 is 1.84 bits per heavy atom. The second-order valence-electron chi connectivity index (χ2n) is 25.5. The van der Waals surface area contributed by atoms with Crippen molar-refractivity contribution in [3.63, 3.8) is 0 Å². The average Bonchev–Trinajstić information content (AvgIpc) is 1.55. The molecule has 0 N–H and O–H groups in total. The number of furan rings is 3. The van der Waals surface area contributed by atoms with Crippen molar-refractivity contribution in [1.82, 2.24) is 0 Å². The highest BCUT2D eigenvalue weighted by atomic mass is 16.6. The van der Waals surface area contributed by atoms with E-state index in [4.69, 9.17) is 32.2 Å². The molecule has 1 atom stereocenters. The van der Waals surface area contributed by atoms with Gasteiger partial charge in [-0.1, -0.05) is 129 Å². The summed E-state index contributed by atoms with van der Waals surface area (Å²) in [4.78, 5) is 4.96. The quantitative estimate of drug-likeness (QED) is 0.151. The molecule has 9 nitrogen and oxygen atoms in total. The minimum atomic E-state index is -0.336. The van der Waals surface area contributed by atoms with Crippen LogP contribution in [0.3, 0.4) is 0 Å². The molecular weight excluding hydrogens is 1120 g/mol. The lowest BCUT2D eigenvalue weighted by molar-refractivity contribution is 0.171. The highest BCUT2D eigenvalue weighted by Gasteiger charge is 2.46. The van der Waals surface area contributed by atoms with Crippen LogP contribution in [0.5, 0.6) is 23.0 Å². The Hall–Kier alpha value is -11.1. The molecule has 11 aromatic carbocycles. The van der Waals surface area contributed by atoms with E-state index in [0.29, 0.717) is 37.9 Å². The molecule has 20 rings (SSSR count). The lowest BCUT2D eigenvalue weighted by Gasteiger charge is -2.45. The lowest BCUT2D eigenvalue weighted by atomic mass is 9.33. The van der Waals surface area contributed by atoms with E-state index in [9.17, 15) is 0 Å². The number of hydrogen-bond acceptors (Lipinski definition) is 9. The smallest absolute Gasteiger partial charge is 0.252 e. The first kappa shape index (κ1) is 50.9. The van der Waals surface area contributed by atoms with Crippen molar-refractivity contribution < 1.29 is 32.2 Å².